The van der Waals surface area contributed by atoms with Crippen molar-refractivity contribution in [3.05, 3.63) is 0 Å². The lowest BCUT2D eigenvalue weighted by Crippen LogP contribution is -2.46. The summed E-state index contributed by atoms with van der Waals surface area (Å²) in [5.74, 6) is -0.364. The summed E-state index contributed by atoms with van der Waals surface area (Å²) < 4.78 is 10.6. The highest BCUT2D eigenvalue weighted by molar-refractivity contribution is 5.68. The third kappa shape index (κ3) is 11.6. The second-order valence-electron chi connectivity index (χ2n) is 9.85. The number of alkyl carbamates (subject to hydrolysis) is 2. The van der Waals surface area contributed by atoms with Crippen LogP contribution in [0.5, 0.6) is 0 Å². The summed E-state index contributed by atoms with van der Waals surface area (Å²) in [4.78, 5) is 35.1. The quantitative estimate of drug-likeness (QED) is 0.578. The maximum atomic E-state index is 12.3. The minimum atomic E-state index is -0.765. The third-order valence-electron chi connectivity index (χ3n) is 4.75. The molecule has 0 saturated heterocycles. The minimum Gasteiger partial charge on any atom is -0.481 e. The van der Waals surface area contributed by atoms with Crippen molar-refractivity contribution in [2.45, 2.75) is 97.3 Å². The molecule has 1 aliphatic rings. The zero-order valence-electron chi connectivity index (χ0n) is 18.7. The molecule has 8 heteroatoms. The Labute approximate surface area is 174 Å². The van der Waals surface area contributed by atoms with Crippen molar-refractivity contribution in [1.82, 2.24) is 10.6 Å². The molecule has 0 aromatic rings. The molecule has 2 amide bonds. The average Bonchev–Trinajstić information content (AvgIpc) is 2.50. The van der Waals surface area contributed by atoms with Crippen LogP contribution in [0.3, 0.4) is 0 Å². The van der Waals surface area contributed by atoms with Crippen molar-refractivity contribution in [3.8, 4) is 0 Å². The molecule has 3 N–H and O–H groups in total. The number of rotatable bonds is 7. The van der Waals surface area contributed by atoms with Crippen LogP contribution < -0.4 is 10.6 Å². The van der Waals surface area contributed by atoms with Gasteiger partial charge in [-0.15, -0.1) is 0 Å². The summed E-state index contributed by atoms with van der Waals surface area (Å²) >= 11 is 0. The molecule has 1 saturated carbocycles. The summed E-state index contributed by atoms with van der Waals surface area (Å²) in [6.07, 6.45) is 3.09. The van der Waals surface area contributed by atoms with Gasteiger partial charge < -0.3 is 25.2 Å². The molecular weight excluding hydrogens is 376 g/mol. The van der Waals surface area contributed by atoms with Crippen molar-refractivity contribution >= 4 is 18.2 Å². The molecule has 1 unspecified atom stereocenters. The van der Waals surface area contributed by atoms with Crippen LogP contribution in [0.4, 0.5) is 9.59 Å². The van der Waals surface area contributed by atoms with E-state index in [9.17, 15) is 14.4 Å². The zero-order chi connectivity index (χ0) is 22.2. The van der Waals surface area contributed by atoms with Crippen LogP contribution in [0.1, 0.15) is 80.1 Å². The van der Waals surface area contributed by atoms with Crippen molar-refractivity contribution in [3.63, 3.8) is 0 Å². The Balaban J connectivity index is 2.63. The molecule has 0 radical (unpaired) electrons. The summed E-state index contributed by atoms with van der Waals surface area (Å²) in [5.41, 5.74) is -1.16. The number of aliphatic carboxylic acids is 1. The van der Waals surface area contributed by atoms with Crippen LogP contribution in [0.15, 0.2) is 0 Å². The number of hydrogen-bond acceptors (Lipinski definition) is 5. The van der Waals surface area contributed by atoms with Crippen LogP contribution >= 0.6 is 0 Å². The zero-order valence-corrected chi connectivity index (χ0v) is 18.7. The number of carbonyl (C=O) groups is 3. The van der Waals surface area contributed by atoms with Gasteiger partial charge in [0.25, 0.3) is 0 Å². The fourth-order valence-corrected chi connectivity index (χ4v) is 3.57. The smallest absolute Gasteiger partial charge is 0.407 e. The van der Waals surface area contributed by atoms with Crippen LogP contribution in [-0.2, 0) is 14.3 Å². The van der Waals surface area contributed by atoms with Gasteiger partial charge in [-0.25, -0.2) is 9.59 Å². The number of nitrogens with one attached hydrogen (secondary N) is 2. The van der Waals surface area contributed by atoms with Gasteiger partial charge in [0.15, 0.2) is 0 Å². The van der Waals surface area contributed by atoms with E-state index in [1.807, 2.05) is 20.8 Å². The molecule has 29 heavy (non-hydrogen) atoms. The van der Waals surface area contributed by atoms with Gasteiger partial charge >= 0.3 is 18.2 Å². The molecule has 168 valence electrons. The Morgan fingerprint density at radius 3 is 1.93 bits per heavy atom. The Kier molecular flexibility index (Phi) is 9.23. The predicted octanol–water partition coefficient (Wildman–Crippen LogP) is 4.08. The second kappa shape index (κ2) is 10.7. The molecule has 0 heterocycles. The average molecular weight is 415 g/mol. The summed E-state index contributed by atoms with van der Waals surface area (Å²) in [5, 5.41) is 14.7. The maximum absolute atomic E-state index is 12.3. The van der Waals surface area contributed by atoms with Crippen LogP contribution in [0.25, 0.3) is 0 Å². The number of amides is 2. The molecular formula is C21H38N2O6. The summed E-state index contributed by atoms with van der Waals surface area (Å²) in [7, 11) is 0. The first-order chi connectivity index (χ1) is 13.2. The van der Waals surface area contributed by atoms with Crippen molar-refractivity contribution in [2.75, 3.05) is 6.54 Å². The summed E-state index contributed by atoms with van der Waals surface area (Å²) in [6.45, 7) is 11.2. The van der Waals surface area contributed by atoms with Gasteiger partial charge in [-0.1, -0.05) is 0 Å². The molecule has 1 aliphatic carbocycles. The van der Waals surface area contributed by atoms with Crippen LogP contribution in [0.2, 0.25) is 0 Å². The van der Waals surface area contributed by atoms with E-state index in [2.05, 4.69) is 10.6 Å². The number of carboxylic acids is 1. The van der Waals surface area contributed by atoms with Crippen LogP contribution in [-0.4, -0.2) is 47.1 Å². The molecule has 1 rings (SSSR count). The fraction of sp³-hybridized carbons (Fsp3) is 0.857. The van der Waals surface area contributed by atoms with Crippen molar-refractivity contribution < 1.29 is 29.0 Å². The largest absolute Gasteiger partial charge is 0.481 e. The SMILES string of the molecule is CC(C)(C)OC(=O)NCCC(NC(=O)OC(C)(C)C)C1CCC(CC(=O)O)CC1. The molecule has 1 fully saturated rings. The van der Waals surface area contributed by atoms with Gasteiger partial charge in [0.1, 0.15) is 11.2 Å². The molecule has 0 aromatic heterocycles. The molecule has 0 spiro atoms. The van der Waals surface area contributed by atoms with E-state index >= 15 is 0 Å². The van der Waals surface area contributed by atoms with E-state index in [-0.39, 0.29) is 24.3 Å². The monoisotopic (exact) mass is 414 g/mol. The fourth-order valence-electron chi connectivity index (χ4n) is 3.57. The number of hydrogen-bond donors (Lipinski definition) is 3. The first kappa shape index (κ1) is 25.0. The van der Waals surface area contributed by atoms with E-state index in [0.29, 0.717) is 13.0 Å². The number of ether oxygens (including phenoxy) is 2. The number of carbonyl (C=O) groups excluding carboxylic acids is 2. The van der Waals surface area contributed by atoms with Gasteiger partial charge in [0.05, 0.1) is 0 Å². The van der Waals surface area contributed by atoms with E-state index < -0.39 is 29.4 Å². The molecule has 0 aromatic carbocycles. The van der Waals surface area contributed by atoms with E-state index in [1.54, 1.807) is 20.8 Å². The van der Waals surface area contributed by atoms with Gasteiger partial charge in [-0.05, 0) is 85.5 Å². The lowest BCUT2D eigenvalue weighted by Gasteiger charge is -2.34. The van der Waals surface area contributed by atoms with Gasteiger partial charge in [0, 0.05) is 19.0 Å². The van der Waals surface area contributed by atoms with E-state index in [0.717, 1.165) is 25.7 Å². The molecule has 8 nitrogen and oxygen atoms in total. The summed E-state index contributed by atoms with van der Waals surface area (Å²) in [6, 6.07) is -0.162. The third-order valence-corrected chi connectivity index (χ3v) is 4.75. The van der Waals surface area contributed by atoms with Crippen LogP contribution in [0, 0.1) is 11.8 Å². The Morgan fingerprint density at radius 2 is 1.45 bits per heavy atom. The standard InChI is InChI=1S/C21H38N2O6/c1-20(2,3)28-18(26)22-12-11-16(23-19(27)29-21(4,5)6)15-9-7-14(8-10-15)13-17(24)25/h14-16H,7-13H2,1-6H3,(H,22,26)(H,23,27)(H,24,25). The van der Waals surface area contributed by atoms with Crippen molar-refractivity contribution in [1.29, 1.82) is 0 Å². The number of carboxylic acid groups (broad SMARTS) is 1. The minimum absolute atomic E-state index is 0.162. The van der Waals surface area contributed by atoms with E-state index in [4.69, 9.17) is 14.6 Å². The first-order valence-corrected chi connectivity index (χ1v) is 10.4. The maximum Gasteiger partial charge on any atom is 0.407 e. The lowest BCUT2D eigenvalue weighted by molar-refractivity contribution is -0.138. The molecule has 1 atom stereocenters. The highest BCUT2D eigenvalue weighted by Gasteiger charge is 2.30. The Morgan fingerprint density at radius 1 is 0.931 bits per heavy atom. The molecule has 0 aliphatic heterocycles. The topological polar surface area (TPSA) is 114 Å². The first-order valence-electron chi connectivity index (χ1n) is 10.4. The second-order valence-corrected chi connectivity index (χ2v) is 9.85. The Bertz CT molecular complexity index is 556. The highest BCUT2D eigenvalue weighted by atomic mass is 16.6. The highest BCUT2D eigenvalue weighted by Crippen LogP contribution is 2.33. The van der Waals surface area contributed by atoms with Crippen molar-refractivity contribution in [2.24, 2.45) is 11.8 Å². The Hall–Kier alpha value is -1.99. The van der Waals surface area contributed by atoms with E-state index in [1.165, 1.54) is 0 Å². The predicted molar refractivity (Wildman–Crippen MR) is 110 cm³/mol. The lowest BCUT2D eigenvalue weighted by atomic mass is 9.76. The normalized spacial score (nSPS) is 21.0. The van der Waals surface area contributed by atoms with Gasteiger partial charge in [-0.2, -0.15) is 0 Å². The molecule has 0 bridgehead atoms. The van der Waals surface area contributed by atoms with Gasteiger partial charge in [0.2, 0.25) is 0 Å². The van der Waals surface area contributed by atoms with Gasteiger partial charge in [-0.3, -0.25) is 4.79 Å².